The minimum Gasteiger partial charge on any atom is -0.332 e. The van der Waals surface area contributed by atoms with E-state index in [1.54, 1.807) is 0 Å². The summed E-state index contributed by atoms with van der Waals surface area (Å²) in [6, 6.07) is 0. The first-order valence-electron chi connectivity index (χ1n) is 0.917. The van der Waals surface area contributed by atoms with Crippen molar-refractivity contribution in [1.29, 1.82) is 0 Å². The fraction of sp³-hybridized carbons (Fsp3) is 0. The maximum atomic E-state index is 8.05. The Hall–Kier alpha value is 0.820. The molecule has 1 atom stereocenters. The molecule has 1 unspecified atom stereocenters. The van der Waals surface area contributed by atoms with Crippen LogP contribution in [0.4, 0.5) is 0 Å². The topological polar surface area (TPSA) is 49.7 Å². The van der Waals surface area contributed by atoms with Gasteiger partial charge in [0.05, 0.1) is 0 Å². The third-order valence-electron chi connectivity index (χ3n) is 0.101. The van der Waals surface area contributed by atoms with Crippen LogP contribution in [0.1, 0.15) is 0 Å². The summed E-state index contributed by atoms with van der Waals surface area (Å²) in [4.78, 5) is 8.05. The molecule has 0 heterocycles. The molecule has 0 aromatic rings. The van der Waals surface area contributed by atoms with Gasteiger partial charge in [-0.3, -0.25) is 0 Å². The molecule has 0 radical (unpaired) electrons. The lowest BCUT2D eigenvalue weighted by Crippen LogP contribution is -1.68. The molecule has 0 aromatic heterocycles. The molecule has 0 saturated carbocycles. The molecule has 0 rings (SSSR count). The summed E-state index contributed by atoms with van der Waals surface area (Å²) in [5.74, 6) is -3.29. The number of halogens is 1. The lowest BCUT2D eigenvalue weighted by atomic mass is 15.0. The highest BCUT2D eigenvalue weighted by Crippen LogP contribution is 2.46. The molecular formula is H2ClO3PS. The molecule has 38 valence electrons. The van der Waals surface area contributed by atoms with E-state index < -0.39 is 5.84 Å². The summed E-state index contributed by atoms with van der Waals surface area (Å²) in [5, 5.41) is 7.47. The van der Waals surface area contributed by atoms with Crippen molar-refractivity contribution in [2.24, 2.45) is 0 Å². The van der Waals surface area contributed by atoms with Crippen molar-refractivity contribution in [1.82, 2.24) is 0 Å². The molecule has 0 aliphatic heterocycles. The van der Waals surface area contributed by atoms with Gasteiger partial charge in [-0.25, -0.2) is 5.26 Å². The van der Waals surface area contributed by atoms with Crippen LogP contribution in [0, 0.1) is 0 Å². The summed E-state index contributed by atoms with van der Waals surface area (Å²) in [7, 11) is 0. The standard InChI is InChI=1S/ClH2O3PS/c1-5(3,6)4-2/h2H,(H,3,6). The van der Waals surface area contributed by atoms with Crippen LogP contribution in [0.5, 0.6) is 0 Å². The van der Waals surface area contributed by atoms with Crippen LogP contribution >= 0.6 is 17.1 Å². The molecule has 6 heteroatoms. The van der Waals surface area contributed by atoms with Gasteiger partial charge in [-0.15, -0.1) is 0 Å². The van der Waals surface area contributed by atoms with E-state index in [1.807, 2.05) is 0 Å². The predicted molar refractivity (Wildman–Crippen MR) is 26.1 cm³/mol. The lowest BCUT2D eigenvalue weighted by Gasteiger charge is -1.94. The van der Waals surface area contributed by atoms with E-state index in [0.717, 1.165) is 0 Å². The van der Waals surface area contributed by atoms with Gasteiger partial charge >= 0.3 is 5.84 Å². The van der Waals surface area contributed by atoms with Crippen LogP contribution in [-0.2, 0) is 16.5 Å². The van der Waals surface area contributed by atoms with Crippen molar-refractivity contribution in [3.63, 3.8) is 0 Å². The molecule has 0 aliphatic rings. The van der Waals surface area contributed by atoms with E-state index >= 15 is 0 Å². The van der Waals surface area contributed by atoms with Gasteiger partial charge in [-0.05, 0) is 23.0 Å². The zero-order chi connectivity index (χ0) is 5.21. The van der Waals surface area contributed by atoms with Gasteiger partial charge in [-0.2, -0.15) is 4.67 Å². The Morgan fingerprint density at radius 2 is 2.00 bits per heavy atom. The molecule has 0 saturated heterocycles. The Morgan fingerprint density at radius 3 is 2.00 bits per heavy atom. The van der Waals surface area contributed by atoms with Crippen LogP contribution in [0.2, 0.25) is 0 Å². The van der Waals surface area contributed by atoms with Gasteiger partial charge in [0.15, 0.2) is 0 Å². The third kappa shape index (κ3) is 4.82. The summed E-state index contributed by atoms with van der Waals surface area (Å²) >= 11 is 8.67. The maximum absolute atomic E-state index is 8.05. The SMILES string of the molecule is OOP(O)(=S)Cl. The van der Waals surface area contributed by atoms with Crippen molar-refractivity contribution in [3.8, 4) is 0 Å². The Labute approximate surface area is 44.4 Å². The molecule has 0 bridgehead atoms. The maximum Gasteiger partial charge on any atom is 0.308 e. The van der Waals surface area contributed by atoms with Gasteiger partial charge in [0.25, 0.3) is 0 Å². The van der Waals surface area contributed by atoms with Gasteiger partial charge < -0.3 is 4.89 Å². The molecule has 6 heavy (non-hydrogen) atoms. The van der Waals surface area contributed by atoms with Crippen molar-refractivity contribution in [3.05, 3.63) is 0 Å². The zero-order valence-corrected chi connectivity index (χ0v) is 5.00. The van der Waals surface area contributed by atoms with E-state index in [9.17, 15) is 0 Å². The summed E-state index contributed by atoms with van der Waals surface area (Å²) < 4.78 is 3.18. The second-order valence-corrected chi connectivity index (χ2v) is 5.06. The van der Waals surface area contributed by atoms with Gasteiger partial charge in [0, 0.05) is 0 Å². The Bertz CT molecular complexity index is 74.9. The minimum atomic E-state index is -3.29. The van der Waals surface area contributed by atoms with Crippen LogP contribution < -0.4 is 0 Å². The average molecular weight is 149 g/mol. The molecule has 0 fully saturated rings. The first-order valence-corrected chi connectivity index (χ1v) is 4.49. The van der Waals surface area contributed by atoms with E-state index in [4.69, 9.17) is 21.4 Å². The van der Waals surface area contributed by atoms with E-state index in [-0.39, 0.29) is 0 Å². The monoisotopic (exact) mass is 148 g/mol. The molecule has 0 aliphatic carbocycles. The fourth-order valence-electron chi connectivity index (χ4n) is 0. The van der Waals surface area contributed by atoms with E-state index in [1.165, 1.54) is 0 Å². The van der Waals surface area contributed by atoms with Crippen molar-refractivity contribution in [2.45, 2.75) is 0 Å². The minimum absolute atomic E-state index is 3.18. The van der Waals surface area contributed by atoms with Crippen LogP contribution in [0.15, 0.2) is 0 Å². The second-order valence-electron chi connectivity index (χ2n) is 0.533. The van der Waals surface area contributed by atoms with Crippen molar-refractivity contribution < 1.29 is 14.8 Å². The van der Waals surface area contributed by atoms with Gasteiger partial charge in [-0.1, -0.05) is 0 Å². The molecular weight excluding hydrogens is 146 g/mol. The molecule has 0 amide bonds. The predicted octanol–water partition coefficient (Wildman–Crippen LogP) is 0.932. The van der Waals surface area contributed by atoms with Crippen molar-refractivity contribution >= 4 is 28.9 Å². The normalized spacial score (nSPS) is 19.8. The van der Waals surface area contributed by atoms with E-state index in [0.29, 0.717) is 0 Å². The first kappa shape index (κ1) is 6.82. The van der Waals surface area contributed by atoms with Gasteiger partial charge in [0.2, 0.25) is 0 Å². The summed E-state index contributed by atoms with van der Waals surface area (Å²) in [6.45, 7) is 0. The zero-order valence-electron chi connectivity index (χ0n) is 2.54. The molecule has 3 nitrogen and oxygen atoms in total. The summed E-state index contributed by atoms with van der Waals surface area (Å²) in [6.07, 6.45) is 0. The van der Waals surface area contributed by atoms with Crippen LogP contribution in [0.3, 0.4) is 0 Å². The Kier molecular flexibility index (Phi) is 2.51. The highest BCUT2D eigenvalue weighted by Gasteiger charge is 2.03. The highest BCUT2D eigenvalue weighted by molar-refractivity contribution is 8.21. The third-order valence-corrected chi connectivity index (χ3v) is 0.687. The molecule has 0 aromatic carbocycles. The van der Waals surface area contributed by atoms with E-state index in [2.05, 4.69) is 16.5 Å². The average Bonchev–Trinajstić information content (AvgIpc) is 1.35. The quantitative estimate of drug-likeness (QED) is 0.330. The Morgan fingerprint density at radius 1 is 1.83 bits per heavy atom. The smallest absolute Gasteiger partial charge is 0.308 e. The van der Waals surface area contributed by atoms with Crippen LogP contribution in [0.25, 0.3) is 0 Å². The Balaban J connectivity index is 3.48. The number of hydrogen-bond acceptors (Lipinski definition) is 3. The van der Waals surface area contributed by atoms with Crippen LogP contribution in [-0.4, -0.2) is 10.2 Å². The van der Waals surface area contributed by atoms with Gasteiger partial charge in [0.1, 0.15) is 0 Å². The number of hydrogen-bond donors (Lipinski definition) is 2. The summed E-state index contributed by atoms with van der Waals surface area (Å²) in [5.41, 5.74) is 0. The largest absolute Gasteiger partial charge is 0.332 e. The van der Waals surface area contributed by atoms with Crippen molar-refractivity contribution in [2.75, 3.05) is 0 Å². The molecule has 2 N–H and O–H groups in total. The highest BCUT2D eigenvalue weighted by atomic mass is 35.7. The lowest BCUT2D eigenvalue weighted by molar-refractivity contribution is -0.133. The number of rotatable bonds is 1. The first-order chi connectivity index (χ1) is 2.56. The molecule has 0 spiro atoms. The fourth-order valence-corrected chi connectivity index (χ4v) is 0. The second kappa shape index (κ2) is 2.21.